The van der Waals surface area contributed by atoms with Crippen molar-refractivity contribution >= 4 is 10.9 Å². The first-order valence-corrected chi connectivity index (χ1v) is 10.1. The van der Waals surface area contributed by atoms with E-state index in [-0.39, 0.29) is 11.7 Å². The van der Waals surface area contributed by atoms with Crippen LogP contribution < -0.4 is 4.74 Å². The van der Waals surface area contributed by atoms with Gasteiger partial charge in [0, 0.05) is 35.5 Å². The van der Waals surface area contributed by atoms with Gasteiger partial charge in [0.15, 0.2) is 0 Å². The Bertz CT molecular complexity index is 1250. The van der Waals surface area contributed by atoms with Crippen LogP contribution in [0.1, 0.15) is 29.8 Å². The molecule has 32 heavy (non-hydrogen) atoms. The number of hydrogen-bond donors (Lipinski definition) is 0. The number of ether oxygens (including phenoxy) is 1. The van der Waals surface area contributed by atoms with Crippen molar-refractivity contribution in [3.63, 3.8) is 0 Å². The van der Waals surface area contributed by atoms with Gasteiger partial charge in [-0.3, -0.25) is 9.97 Å². The SMILES string of the molecule is C=CCc1ccc2cc(OC(C)c3ccc(-c4cnccc4C(F)(F)F)cc3)ccc2n1. The zero-order valence-corrected chi connectivity index (χ0v) is 17.4. The van der Waals surface area contributed by atoms with Crippen LogP contribution in [0.15, 0.2) is 85.7 Å². The molecule has 0 amide bonds. The number of pyridine rings is 2. The van der Waals surface area contributed by atoms with Gasteiger partial charge in [0.25, 0.3) is 0 Å². The molecule has 4 rings (SSSR count). The van der Waals surface area contributed by atoms with E-state index >= 15 is 0 Å². The summed E-state index contributed by atoms with van der Waals surface area (Å²) in [5, 5.41) is 0.967. The van der Waals surface area contributed by atoms with Gasteiger partial charge in [-0.1, -0.05) is 36.4 Å². The van der Waals surface area contributed by atoms with Gasteiger partial charge in [0.05, 0.1) is 11.1 Å². The molecule has 0 spiro atoms. The fourth-order valence-electron chi connectivity index (χ4n) is 3.56. The third kappa shape index (κ3) is 4.64. The molecule has 1 unspecified atom stereocenters. The van der Waals surface area contributed by atoms with E-state index in [1.54, 1.807) is 24.3 Å². The van der Waals surface area contributed by atoms with E-state index in [2.05, 4.69) is 16.5 Å². The molecule has 0 saturated heterocycles. The van der Waals surface area contributed by atoms with Crippen molar-refractivity contribution < 1.29 is 17.9 Å². The van der Waals surface area contributed by atoms with Crippen LogP contribution in [0.2, 0.25) is 0 Å². The largest absolute Gasteiger partial charge is 0.486 e. The second-order valence-corrected chi connectivity index (χ2v) is 7.45. The Morgan fingerprint density at radius 1 is 1.03 bits per heavy atom. The minimum atomic E-state index is -4.44. The normalized spacial score (nSPS) is 12.5. The summed E-state index contributed by atoms with van der Waals surface area (Å²) in [5.74, 6) is 0.693. The summed E-state index contributed by atoms with van der Waals surface area (Å²) in [6, 6.07) is 17.5. The lowest BCUT2D eigenvalue weighted by molar-refractivity contribution is -0.137. The monoisotopic (exact) mass is 434 g/mol. The summed E-state index contributed by atoms with van der Waals surface area (Å²) in [6.45, 7) is 5.63. The molecule has 0 saturated carbocycles. The molecule has 2 aromatic heterocycles. The van der Waals surface area contributed by atoms with E-state index in [9.17, 15) is 13.2 Å². The number of alkyl halides is 3. The molecule has 0 bridgehead atoms. The van der Waals surface area contributed by atoms with Crippen LogP contribution in [-0.2, 0) is 12.6 Å². The number of halogens is 3. The van der Waals surface area contributed by atoms with E-state index in [1.807, 2.05) is 43.3 Å². The van der Waals surface area contributed by atoms with Crippen molar-refractivity contribution in [3.8, 4) is 16.9 Å². The molecular formula is C26H21F3N2O. The van der Waals surface area contributed by atoms with Crippen molar-refractivity contribution in [3.05, 3.63) is 103 Å². The Morgan fingerprint density at radius 3 is 2.53 bits per heavy atom. The first-order valence-electron chi connectivity index (χ1n) is 10.1. The highest BCUT2D eigenvalue weighted by atomic mass is 19.4. The number of hydrogen-bond acceptors (Lipinski definition) is 3. The van der Waals surface area contributed by atoms with Crippen LogP contribution in [0.4, 0.5) is 13.2 Å². The first kappa shape index (κ1) is 21.6. The summed E-state index contributed by atoms with van der Waals surface area (Å²) in [6.07, 6.45) is 0.189. The zero-order chi connectivity index (χ0) is 22.7. The highest BCUT2D eigenvalue weighted by molar-refractivity contribution is 5.80. The van der Waals surface area contributed by atoms with Crippen LogP contribution in [0.3, 0.4) is 0 Å². The molecule has 2 aromatic carbocycles. The highest BCUT2D eigenvalue weighted by Gasteiger charge is 2.33. The smallest absolute Gasteiger partial charge is 0.417 e. The van der Waals surface area contributed by atoms with Gasteiger partial charge in [-0.2, -0.15) is 13.2 Å². The van der Waals surface area contributed by atoms with Gasteiger partial charge in [0.1, 0.15) is 11.9 Å². The van der Waals surface area contributed by atoms with Crippen LogP contribution in [0, 0.1) is 0 Å². The number of fused-ring (bicyclic) bond motifs is 1. The van der Waals surface area contributed by atoms with Crippen LogP contribution in [0.25, 0.3) is 22.0 Å². The minimum absolute atomic E-state index is 0.0537. The summed E-state index contributed by atoms with van der Waals surface area (Å²) in [5.41, 5.74) is 2.49. The summed E-state index contributed by atoms with van der Waals surface area (Å²) in [7, 11) is 0. The standard InChI is InChI=1S/C26H21F3N2O/c1-3-4-21-10-9-20-15-22(11-12-25(20)31-21)32-17(2)18-5-7-19(8-6-18)23-16-30-14-13-24(23)26(27,28)29/h3,5-17H,1,4H2,2H3. The Labute approximate surface area is 184 Å². The Kier molecular flexibility index (Phi) is 5.95. The second kappa shape index (κ2) is 8.83. The lowest BCUT2D eigenvalue weighted by Gasteiger charge is -2.17. The quantitative estimate of drug-likeness (QED) is 0.301. The van der Waals surface area contributed by atoms with Crippen LogP contribution >= 0.6 is 0 Å². The Balaban J connectivity index is 1.53. The maximum Gasteiger partial charge on any atom is 0.417 e. The lowest BCUT2D eigenvalue weighted by Crippen LogP contribution is -2.07. The average Bonchev–Trinajstić information content (AvgIpc) is 2.79. The first-order chi connectivity index (χ1) is 15.3. The zero-order valence-electron chi connectivity index (χ0n) is 17.4. The van der Waals surface area contributed by atoms with E-state index in [0.29, 0.717) is 17.7 Å². The van der Waals surface area contributed by atoms with Crippen LogP contribution in [0.5, 0.6) is 5.75 Å². The van der Waals surface area contributed by atoms with E-state index in [1.165, 1.54) is 6.20 Å². The van der Waals surface area contributed by atoms with Crippen molar-refractivity contribution in [2.45, 2.75) is 25.6 Å². The predicted molar refractivity (Wildman–Crippen MR) is 119 cm³/mol. The fourth-order valence-corrected chi connectivity index (χ4v) is 3.56. The van der Waals surface area contributed by atoms with Crippen LogP contribution in [-0.4, -0.2) is 9.97 Å². The molecule has 1 atom stereocenters. The van der Waals surface area contributed by atoms with Gasteiger partial charge >= 0.3 is 6.18 Å². The third-order valence-electron chi connectivity index (χ3n) is 5.20. The topological polar surface area (TPSA) is 35.0 Å². The Hall–Kier alpha value is -3.67. The maximum atomic E-state index is 13.3. The molecule has 0 fully saturated rings. The second-order valence-electron chi connectivity index (χ2n) is 7.45. The molecule has 6 heteroatoms. The van der Waals surface area contributed by atoms with Gasteiger partial charge < -0.3 is 4.74 Å². The van der Waals surface area contributed by atoms with Crippen molar-refractivity contribution in [1.82, 2.24) is 9.97 Å². The molecule has 0 radical (unpaired) electrons. The molecule has 0 N–H and O–H groups in total. The van der Waals surface area contributed by atoms with Crippen molar-refractivity contribution in [2.24, 2.45) is 0 Å². The maximum absolute atomic E-state index is 13.3. The van der Waals surface area contributed by atoms with Gasteiger partial charge in [-0.05, 0) is 48.4 Å². The Morgan fingerprint density at radius 2 is 1.81 bits per heavy atom. The van der Waals surface area contributed by atoms with Gasteiger partial charge in [-0.25, -0.2) is 0 Å². The van der Waals surface area contributed by atoms with Gasteiger partial charge in [0.2, 0.25) is 0 Å². The molecule has 0 aliphatic rings. The number of aromatic nitrogens is 2. The van der Waals surface area contributed by atoms with E-state index < -0.39 is 11.7 Å². The number of nitrogens with zero attached hydrogens (tertiary/aromatic N) is 2. The predicted octanol–water partition coefficient (Wildman–Crippen LogP) is 7.18. The fraction of sp³-hybridized carbons (Fsp3) is 0.154. The van der Waals surface area contributed by atoms with Gasteiger partial charge in [-0.15, -0.1) is 6.58 Å². The summed E-state index contributed by atoms with van der Waals surface area (Å²) < 4.78 is 46.0. The molecule has 162 valence electrons. The molecular weight excluding hydrogens is 413 g/mol. The molecule has 0 aliphatic heterocycles. The summed E-state index contributed by atoms with van der Waals surface area (Å²) in [4.78, 5) is 8.45. The average molecular weight is 434 g/mol. The number of benzene rings is 2. The molecule has 0 aliphatic carbocycles. The van der Waals surface area contributed by atoms with E-state index in [4.69, 9.17) is 4.74 Å². The molecule has 2 heterocycles. The minimum Gasteiger partial charge on any atom is -0.486 e. The number of rotatable bonds is 6. The highest BCUT2D eigenvalue weighted by Crippen LogP contribution is 2.37. The lowest BCUT2D eigenvalue weighted by atomic mass is 9.99. The van der Waals surface area contributed by atoms with E-state index in [0.717, 1.165) is 34.4 Å². The summed E-state index contributed by atoms with van der Waals surface area (Å²) >= 11 is 0. The number of allylic oxidation sites excluding steroid dienone is 1. The van der Waals surface area contributed by atoms with Crippen molar-refractivity contribution in [1.29, 1.82) is 0 Å². The third-order valence-corrected chi connectivity index (χ3v) is 5.20. The molecule has 4 aromatic rings. The molecule has 3 nitrogen and oxygen atoms in total. The van der Waals surface area contributed by atoms with Crippen molar-refractivity contribution in [2.75, 3.05) is 0 Å².